The molecule has 0 unspecified atom stereocenters. The Labute approximate surface area is 168 Å². The molecule has 3 aromatic rings. The number of aryl methyl sites for hydroxylation is 2. The lowest BCUT2D eigenvalue weighted by Gasteiger charge is -2.27. The first-order valence-corrected chi connectivity index (χ1v) is 11.6. The summed E-state index contributed by atoms with van der Waals surface area (Å²) >= 11 is 1.38. The van der Waals surface area contributed by atoms with E-state index in [-0.39, 0.29) is 4.90 Å². The maximum absolute atomic E-state index is 13.4. The van der Waals surface area contributed by atoms with Crippen molar-refractivity contribution in [3.63, 3.8) is 0 Å². The summed E-state index contributed by atoms with van der Waals surface area (Å²) in [5, 5.41) is 3.27. The van der Waals surface area contributed by atoms with E-state index in [9.17, 15) is 13.2 Å². The Kier molecular flexibility index (Phi) is 4.75. The van der Waals surface area contributed by atoms with Crippen molar-refractivity contribution >= 4 is 42.4 Å². The van der Waals surface area contributed by atoms with Gasteiger partial charge in [-0.05, 0) is 56.0 Å². The van der Waals surface area contributed by atoms with Gasteiger partial charge in [0, 0.05) is 0 Å². The molecule has 0 aliphatic heterocycles. The zero-order valence-electron chi connectivity index (χ0n) is 15.9. The van der Waals surface area contributed by atoms with E-state index in [0.29, 0.717) is 18.0 Å². The summed E-state index contributed by atoms with van der Waals surface area (Å²) in [4.78, 5) is 18.0. The SMILES string of the molecule is Cc1cc(C)c2nc(NC(=O)C3(S(=O)(=O)c4ccccc4)CCCC3)sc2c1. The van der Waals surface area contributed by atoms with E-state index in [1.54, 1.807) is 30.3 Å². The Hall–Kier alpha value is -2.25. The van der Waals surface area contributed by atoms with Gasteiger partial charge in [-0.25, -0.2) is 13.4 Å². The third-order valence-corrected chi connectivity index (χ3v) is 8.88. The lowest BCUT2D eigenvalue weighted by atomic mass is 10.1. The van der Waals surface area contributed by atoms with Crippen LogP contribution in [-0.2, 0) is 14.6 Å². The van der Waals surface area contributed by atoms with Gasteiger partial charge in [-0.3, -0.25) is 4.79 Å². The van der Waals surface area contributed by atoms with Gasteiger partial charge in [-0.15, -0.1) is 0 Å². The second kappa shape index (κ2) is 6.97. The Morgan fingerprint density at radius 1 is 1.11 bits per heavy atom. The highest BCUT2D eigenvalue weighted by Gasteiger charge is 2.53. The Balaban J connectivity index is 1.71. The van der Waals surface area contributed by atoms with E-state index in [0.717, 1.165) is 34.2 Å². The zero-order valence-corrected chi connectivity index (χ0v) is 17.5. The van der Waals surface area contributed by atoms with Crippen LogP contribution in [0.1, 0.15) is 36.8 Å². The third kappa shape index (κ3) is 3.02. The van der Waals surface area contributed by atoms with Crippen LogP contribution in [0.25, 0.3) is 10.2 Å². The first-order valence-electron chi connectivity index (χ1n) is 9.32. The van der Waals surface area contributed by atoms with Gasteiger partial charge in [0.1, 0.15) is 0 Å². The van der Waals surface area contributed by atoms with Crippen LogP contribution in [0.15, 0.2) is 47.4 Å². The molecule has 1 aliphatic rings. The summed E-state index contributed by atoms with van der Waals surface area (Å²) < 4.78 is 26.3. The number of hydrogen-bond acceptors (Lipinski definition) is 5. The first-order chi connectivity index (χ1) is 13.3. The number of carbonyl (C=O) groups excluding carboxylic acids is 1. The van der Waals surface area contributed by atoms with Gasteiger partial charge in [0.15, 0.2) is 19.7 Å². The predicted molar refractivity (Wildman–Crippen MR) is 113 cm³/mol. The van der Waals surface area contributed by atoms with Gasteiger partial charge in [0.2, 0.25) is 5.91 Å². The highest BCUT2D eigenvalue weighted by molar-refractivity contribution is 7.93. The monoisotopic (exact) mass is 414 g/mol. The maximum atomic E-state index is 13.4. The lowest BCUT2D eigenvalue weighted by Crippen LogP contribution is -2.47. The molecule has 1 saturated carbocycles. The number of rotatable bonds is 4. The molecule has 0 spiro atoms. The van der Waals surface area contributed by atoms with Gasteiger partial charge >= 0.3 is 0 Å². The second-order valence-electron chi connectivity index (χ2n) is 7.42. The van der Waals surface area contributed by atoms with Crippen molar-refractivity contribution in [2.24, 2.45) is 0 Å². The van der Waals surface area contributed by atoms with Crippen molar-refractivity contribution in [1.82, 2.24) is 4.98 Å². The largest absolute Gasteiger partial charge is 0.301 e. The van der Waals surface area contributed by atoms with Gasteiger partial charge in [0.25, 0.3) is 0 Å². The molecule has 0 atom stereocenters. The topological polar surface area (TPSA) is 76.1 Å². The lowest BCUT2D eigenvalue weighted by molar-refractivity contribution is -0.118. The summed E-state index contributed by atoms with van der Waals surface area (Å²) in [7, 11) is -3.80. The molecule has 0 radical (unpaired) electrons. The standard InChI is InChI=1S/C21H22N2O3S2/c1-14-12-15(2)18-17(13-14)27-20(22-18)23-19(24)21(10-6-7-11-21)28(25,26)16-8-4-3-5-9-16/h3-5,8-9,12-13H,6-7,10-11H2,1-2H3,(H,22,23,24). The van der Waals surface area contributed by atoms with Gasteiger partial charge in [-0.1, -0.05) is 48.4 Å². The number of hydrogen-bond donors (Lipinski definition) is 1. The fourth-order valence-electron chi connectivity index (χ4n) is 4.02. The molecule has 28 heavy (non-hydrogen) atoms. The molecule has 1 fully saturated rings. The zero-order chi connectivity index (χ0) is 19.9. The smallest absolute Gasteiger partial charge is 0.248 e. The van der Waals surface area contributed by atoms with E-state index in [2.05, 4.69) is 10.3 Å². The normalized spacial score (nSPS) is 16.4. The Morgan fingerprint density at radius 3 is 2.46 bits per heavy atom. The number of benzene rings is 2. The van der Waals surface area contributed by atoms with Crippen molar-refractivity contribution in [3.05, 3.63) is 53.6 Å². The number of nitrogens with zero attached hydrogens (tertiary/aromatic N) is 1. The van der Waals surface area contributed by atoms with E-state index in [1.807, 2.05) is 26.0 Å². The molecule has 7 heteroatoms. The third-order valence-electron chi connectivity index (χ3n) is 5.44. The number of sulfone groups is 1. The first kappa shape index (κ1) is 19.1. The molecule has 0 bridgehead atoms. The minimum Gasteiger partial charge on any atom is -0.301 e. The summed E-state index contributed by atoms with van der Waals surface area (Å²) in [6, 6.07) is 12.3. The van der Waals surface area contributed by atoms with Crippen LogP contribution in [0.5, 0.6) is 0 Å². The summed E-state index contributed by atoms with van der Waals surface area (Å²) in [6.45, 7) is 4.00. The van der Waals surface area contributed by atoms with E-state index in [1.165, 1.54) is 11.3 Å². The van der Waals surface area contributed by atoms with Crippen LogP contribution in [0.4, 0.5) is 5.13 Å². The number of carbonyl (C=O) groups is 1. The van der Waals surface area contributed by atoms with Crippen LogP contribution < -0.4 is 5.32 Å². The highest BCUT2D eigenvalue weighted by Crippen LogP contribution is 2.42. The molecule has 1 aromatic heterocycles. The summed E-state index contributed by atoms with van der Waals surface area (Å²) in [5.41, 5.74) is 3.02. The predicted octanol–water partition coefficient (Wildman–Crippen LogP) is 4.64. The fourth-order valence-corrected chi connectivity index (χ4v) is 7.15. The van der Waals surface area contributed by atoms with Crippen LogP contribution in [-0.4, -0.2) is 24.1 Å². The van der Waals surface area contributed by atoms with Crippen molar-refractivity contribution in [1.29, 1.82) is 0 Å². The van der Waals surface area contributed by atoms with Crippen LogP contribution in [0, 0.1) is 13.8 Å². The Bertz CT molecular complexity index is 1150. The molecule has 1 N–H and O–H groups in total. The number of thiazole rings is 1. The molecule has 0 saturated heterocycles. The van der Waals surface area contributed by atoms with Gasteiger partial charge in [-0.2, -0.15) is 0 Å². The molecule has 4 rings (SSSR count). The average Bonchev–Trinajstić information content (AvgIpc) is 3.30. The van der Waals surface area contributed by atoms with E-state index >= 15 is 0 Å². The molecule has 1 aliphatic carbocycles. The molecule has 1 heterocycles. The van der Waals surface area contributed by atoms with E-state index < -0.39 is 20.5 Å². The quantitative estimate of drug-likeness (QED) is 0.675. The van der Waals surface area contributed by atoms with Crippen LogP contribution >= 0.6 is 11.3 Å². The van der Waals surface area contributed by atoms with Crippen LogP contribution in [0.2, 0.25) is 0 Å². The van der Waals surface area contributed by atoms with Crippen molar-refractivity contribution in [3.8, 4) is 0 Å². The molecule has 2 aromatic carbocycles. The average molecular weight is 415 g/mol. The number of anilines is 1. The number of fused-ring (bicyclic) bond motifs is 1. The Morgan fingerprint density at radius 2 is 1.79 bits per heavy atom. The number of amides is 1. The second-order valence-corrected chi connectivity index (χ2v) is 10.7. The van der Waals surface area contributed by atoms with E-state index in [4.69, 9.17) is 0 Å². The summed E-state index contributed by atoms with van der Waals surface area (Å²) in [5.74, 6) is -0.470. The number of aromatic nitrogens is 1. The van der Waals surface area contributed by atoms with Crippen LogP contribution in [0.3, 0.4) is 0 Å². The molecule has 146 valence electrons. The highest BCUT2D eigenvalue weighted by atomic mass is 32.2. The molecular formula is C21H22N2O3S2. The molecule has 5 nitrogen and oxygen atoms in total. The minimum absolute atomic E-state index is 0.197. The number of nitrogens with one attached hydrogen (secondary N) is 1. The molecule has 1 amide bonds. The minimum atomic E-state index is -3.80. The maximum Gasteiger partial charge on any atom is 0.248 e. The van der Waals surface area contributed by atoms with Crippen molar-refractivity contribution < 1.29 is 13.2 Å². The van der Waals surface area contributed by atoms with Crippen molar-refractivity contribution in [2.75, 3.05) is 5.32 Å². The summed E-state index contributed by atoms with van der Waals surface area (Å²) in [6.07, 6.45) is 2.10. The molecular weight excluding hydrogens is 392 g/mol. The van der Waals surface area contributed by atoms with Gasteiger partial charge < -0.3 is 5.32 Å². The van der Waals surface area contributed by atoms with Crippen molar-refractivity contribution in [2.45, 2.75) is 49.2 Å². The van der Waals surface area contributed by atoms with Gasteiger partial charge in [0.05, 0.1) is 15.1 Å². The fraction of sp³-hybridized carbons (Fsp3) is 0.333.